The lowest BCUT2D eigenvalue weighted by molar-refractivity contribution is -0.0365. The fourth-order valence-electron chi connectivity index (χ4n) is 6.12. The molecule has 2 atom stereocenters. The summed E-state index contributed by atoms with van der Waals surface area (Å²) >= 11 is 12.8. The van der Waals surface area contributed by atoms with E-state index in [1.807, 2.05) is 61.2 Å². The molecule has 7 rings (SSSR count). The average molecular weight is 635 g/mol. The summed E-state index contributed by atoms with van der Waals surface area (Å²) in [6.45, 7) is 3.97. The smallest absolute Gasteiger partial charge is 0.151 e. The Balaban J connectivity index is 1.16. The molecule has 0 amide bonds. The van der Waals surface area contributed by atoms with Crippen LogP contribution in [0.1, 0.15) is 49.8 Å². The van der Waals surface area contributed by atoms with Crippen LogP contribution in [0.15, 0.2) is 55.0 Å². The Morgan fingerprint density at radius 3 is 2.57 bits per heavy atom. The largest absolute Gasteiger partial charge is 0.486 e. The molecular weight excluding hydrogens is 601 g/mol. The van der Waals surface area contributed by atoms with E-state index in [1.54, 1.807) is 17.1 Å². The van der Waals surface area contributed by atoms with E-state index in [9.17, 15) is 0 Å². The lowest BCUT2D eigenvalue weighted by atomic mass is 9.86. The van der Waals surface area contributed by atoms with Crippen LogP contribution in [0.5, 0.6) is 5.75 Å². The van der Waals surface area contributed by atoms with Crippen molar-refractivity contribution in [1.82, 2.24) is 34.7 Å². The molecule has 11 nitrogen and oxygen atoms in total. The van der Waals surface area contributed by atoms with Gasteiger partial charge in [0.15, 0.2) is 12.0 Å². The molecule has 0 bridgehead atoms. The minimum Gasteiger partial charge on any atom is -0.486 e. The van der Waals surface area contributed by atoms with E-state index in [2.05, 4.69) is 25.2 Å². The van der Waals surface area contributed by atoms with Gasteiger partial charge in [-0.15, -0.1) is 10.2 Å². The van der Waals surface area contributed by atoms with Crippen molar-refractivity contribution in [2.75, 3.05) is 24.6 Å². The van der Waals surface area contributed by atoms with E-state index in [-0.39, 0.29) is 11.8 Å². The van der Waals surface area contributed by atoms with Gasteiger partial charge in [-0.3, -0.25) is 9.67 Å². The molecule has 0 spiro atoms. The van der Waals surface area contributed by atoms with Gasteiger partial charge < -0.3 is 20.1 Å². The van der Waals surface area contributed by atoms with E-state index in [1.165, 1.54) is 0 Å². The Kier molecular flexibility index (Phi) is 7.65. The number of nitrogens with zero attached hydrogens (tertiary/aromatic N) is 8. The summed E-state index contributed by atoms with van der Waals surface area (Å²) in [5.74, 6) is 1.43. The summed E-state index contributed by atoms with van der Waals surface area (Å²) in [4.78, 5) is 6.18. The molecule has 4 aromatic heterocycles. The molecule has 2 aliphatic heterocycles. The van der Waals surface area contributed by atoms with Gasteiger partial charge in [-0.2, -0.15) is 10.2 Å². The minimum absolute atomic E-state index is 0.148. The van der Waals surface area contributed by atoms with Crippen LogP contribution in [0.25, 0.3) is 22.3 Å². The van der Waals surface area contributed by atoms with Crippen molar-refractivity contribution in [3.63, 3.8) is 0 Å². The van der Waals surface area contributed by atoms with E-state index in [0.717, 1.165) is 41.7 Å². The first-order valence-corrected chi connectivity index (χ1v) is 15.5. The van der Waals surface area contributed by atoms with Gasteiger partial charge in [0.2, 0.25) is 0 Å². The SMILES string of the molecule is C[C@@H](Oc1ccc2c(c1)c(-c1ccc(N3CC(N)(Cc4ccn(C)n4)C3)nn1)nn2C1CCCCO1)c1c(Cl)cncc1Cl. The van der Waals surface area contributed by atoms with Crippen molar-refractivity contribution in [2.45, 2.75) is 50.5 Å². The van der Waals surface area contributed by atoms with Crippen LogP contribution in [0.3, 0.4) is 0 Å². The van der Waals surface area contributed by atoms with Crippen LogP contribution in [-0.2, 0) is 18.2 Å². The number of aromatic nitrogens is 7. The molecule has 0 aliphatic carbocycles. The monoisotopic (exact) mass is 633 g/mol. The fourth-order valence-corrected chi connectivity index (χ4v) is 6.79. The quantitative estimate of drug-likeness (QED) is 0.235. The molecule has 0 radical (unpaired) electrons. The number of anilines is 1. The molecule has 13 heteroatoms. The van der Waals surface area contributed by atoms with Crippen LogP contribution in [0.4, 0.5) is 5.82 Å². The maximum absolute atomic E-state index is 6.64. The predicted octanol–water partition coefficient (Wildman–Crippen LogP) is 5.53. The molecule has 5 aromatic rings. The maximum Gasteiger partial charge on any atom is 0.151 e. The highest BCUT2D eigenvalue weighted by Gasteiger charge is 2.41. The number of halogens is 2. The number of hydrogen-bond donors (Lipinski definition) is 1. The fraction of sp³-hybridized carbons (Fsp3) is 0.387. The molecule has 228 valence electrons. The average Bonchev–Trinajstić information content (AvgIpc) is 3.59. The van der Waals surface area contributed by atoms with Crippen molar-refractivity contribution in [1.29, 1.82) is 0 Å². The molecule has 1 unspecified atom stereocenters. The third kappa shape index (κ3) is 5.61. The summed E-state index contributed by atoms with van der Waals surface area (Å²) in [6, 6.07) is 11.8. The van der Waals surface area contributed by atoms with Crippen molar-refractivity contribution >= 4 is 39.9 Å². The van der Waals surface area contributed by atoms with Gasteiger partial charge in [-0.1, -0.05) is 23.2 Å². The van der Waals surface area contributed by atoms with Gasteiger partial charge in [0, 0.05) is 62.7 Å². The molecule has 0 saturated carbocycles. The third-order valence-corrected chi connectivity index (χ3v) is 8.85. The van der Waals surface area contributed by atoms with Crippen molar-refractivity contribution in [3.8, 4) is 17.1 Å². The summed E-state index contributed by atoms with van der Waals surface area (Å²) < 4.78 is 16.2. The summed E-state index contributed by atoms with van der Waals surface area (Å²) in [5, 5.41) is 20.5. The number of aryl methyl sites for hydroxylation is 1. The highest BCUT2D eigenvalue weighted by atomic mass is 35.5. The molecule has 2 fully saturated rings. The van der Waals surface area contributed by atoms with Gasteiger partial charge in [0.25, 0.3) is 0 Å². The Bertz CT molecular complexity index is 1770. The van der Waals surface area contributed by atoms with Crippen LogP contribution < -0.4 is 15.4 Å². The van der Waals surface area contributed by atoms with Gasteiger partial charge >= 0.3 is 0 Å². The Hall–Kier alpha value is -3.77. The van der Waals surface area contributed by atoms with E-state index < -0.39 is 6.10 Å². The number of benzene rings is 1. The summed E-state index contributed by atoms with van der Waals surface area (Å²) in [7, 11) is 1.91. The zero-order chi connectivity index (χ0) is 30.4. The second kappa shape index (κ2) is 11.6. The molecule has 6 heterocycles. The lowest BCUT2D eigenvalue weighted by Crippen LogP contribution is -2.69. The Labute approximate surface area is 264 Å². The number of hydrogen-bond acceptors (Lipinski definition) is 9. The third-order valence-electron chi connectivity index (χ3n) is 8.25. The summed E-state index contributed by atoms with van der Waals surface area (Å²) in [5.41, 5.74) is 10.3. The van der Waals surface area contributed by atoms with E-state index in [0.29, 0.717) is 58.9 Å². The zero-order valence-corrected chi connectivity index (χ0v) is 26.0. The van der Waals surface area contributed by atoms with Gasteiger partial charge in [-0.05, 0) is 62.6 Å². The number of pyridine rings is 1. The Morgan fingerprint density at radius 1 is 1.07 bits per heavy atom. The first-order chi connectivity index (χ1) is 21.3. The predicted molar refractivity (Wildman–Crippen MR) is 169 cm³/mol. The normalized spacial score (nSPS) is 18.8. The maximum atomic E-state index is 6.64. The first-order valence-electron chi connectivity index (χ1n) is 14.7. The Morgan fingerprint density at radius 2 is 1.89 bits per heavy atom. The van der Waals surface area contributed by atoms with E-state index >= 15 is 0 Å². The van der Waals surface area contributed by atoms with Crippen LogP contribution in [-0.4, -0.2) is 60.0 Å². The molecule has 2 N–H and O–H groups in total. The number of rotatable bonds is 8. The van der Waals surface area contributed by atoms with Crippen LogP contribution >= 0.6 is 23.2 Å². The van der Waals surface area contributed by atoms with Gasteiger partial charge in [-0.25, -0.2) is 4.68 Å². The van der Waals surface area contributed by atoms with Gasteiger partial charge in [0.05, 0.1) is 26.8 Å². The second-order valence-corrected chi connectivity index (χ2v) is 12.5. The molecule has 2 saturated heterocycles. The topological polar surface area (TPSA) is 122 Å². The molecule has 44 heavy (non-hydrogen) atoms. The van der Waals surface area contributed by atoms with Crippen LogP contribution in [0, 0.1) is 0 Å². The van der Waals surface area contributed by atoms with Gasteiger partial charge in [0.1, 0.15) is 23.2 Å². The van der Waals surface area contributed by atoms with Crippen LogP contribution in [0.2, 0.25) is 10.0 Å². The van der Waals surface area contributed by atoms with E-state index in [4.69, 9.17) is 43.5 Å². The molecular formula is C31H33Cl2N9O2. The lowest BCUT2D eigenvalue weighted by Gasteiger charge is -2.48. The van der Waals surface area contributed by atoms with Crippen molar-refractivity contribution in [2.24, 2.45) is 12.8 Å². The zero-order valence-electron chi connectivity index (χ0n) is 24.5. The number of fused-ring (bicyclic) bond motifs is 1. The van der Waals surface area contributed by atoms with Crippen molar-refractivity contribution in [3.05, 3.63) is 76.3 Å². The highest BCUT2D eigenvalue weighted by molar-refractivity contribution is 6.35. The first kappa shape index (κ1) is 29.0. The highest BCUT2D eigenvalue weighted by Crippen LogP contribution is 2.37. The standard InChI is InChI=1S/C31H33Cl2N9O2/c1-19(29-23(32)15-35-16-24(29)33)44-21-6-8-26-22(13-21)30(39-42(26)28-5-3-4-12-43-28)25-7-9-27(37-36-25)41-17-31(34,18-41)14-20-10-11-40(2)38-20/h6-11,13,15-16,19,28H,3-5,12,14,17-18,34H2,1-2H3/t19-,28?/m1/s1. The summed E-state index contributed by atoms with van der Waals surface area (Å²) in [6.07, 6.45) is 8.25. The number of ether oxygens (including phenoxy) is 2. The minimum atomic E-state index is -0.404. The number of nitrogens with two attached hydrogens (primary N) is 1. The van der Waals surface area contributed by atoms with Crippen molar-refractivity contribution < 1.29 is 9.47 Å². The second-order valence-electron chi connectivity index (χ2n) is 11.7. The molecule has 1 aromatic carbocycles. The molecule has 2 aliphatic rings.